The molecule has 0 fully saturated rings. The number of nitrogens with one attached hydrogen (secondary N) is 2. The van der Waals surface area contributed by atoms with Gasteiger partial charge >= 0.3 is 0 Å². The maximum atomic E-state index is 11.5. The van der Waals surface area contributed by atoms with Gasteiger partial charge in [0.25, 0.3) is 5.91 Å². The number of H-pyrrole nitrogens is 1. The zero-order valence-corrected chi connectivity index (χ0v) is 8.19. The predicted octanol–water partition coefficient (Wildman–Crippen LogP) is 1.11. The Bertz CT molecular complexity index is 470. The summed E-state index contributed by atoms with van der Waals surface area (Å²) < 4.78 is 0. The third-order valence-electron chi connectivity index (χ3n) is 1.66. The van der Waals surface area contributed by atoms with E-state index in [1.54, 1.807) is 6.07 Å². The summed E-state index contributed by atoms with van der Waals surface area (Å²) in [6.07, 6.45) is 4.31. The van der Waals surface area contributed by atoms with Crippen molar-refractivity contribution in [2.45, 2.75) is 0 Å². The SMILES string of the molecule is O=C(Nc1cnccc1Cl)c1cn[nH]n1. The third-order valence-corrected chi connectivity index (χ3v) is 1.99. The molecule has 0 radical (unpaired) electrons. The van der Waals surface area contributed by atoms with Gasteiger partial charge in [0.1, 0.15) is 0 Å². The molecular formula is C8H6ClN5O. The minimum atomic E-state index is -0.390. The standard InChI is InChI=1S/C8H6ClN5O/c9-5-1-2-10-3-6(5)12-8(15)7-4-11-14-13-7/h1-4H,(H,12,15)(H,11,13,14). The molecule has 2 aromatic rings. The molecule has 0 unspecified atom stereocenters. The highest BCUT2D eigenvalue weighted by molar-refractivity contribution is 6.33. The van der Waals surface area contributed by atoms with Gasteiger partial charge in [0, 0.05) is 6.20 Å². The van der Waals surface area contributed by atoms with E-state index in [1.807, 2.05) is 0 Å². The van der Waals surface area contributed by atoms with Crippen molar-refractivity contribution in [1.82, 2.24) is 20.4 Å². The van der Waals surface area contributed by atoms with Crippen molar-refractivity contribution >= 4 is 23.2 Å². The summed E-state index contributed by atoms with van der Waals surface area (Å²) in [7, 11) is 0. The lowest BCUT2D eigenvalue weighted by atomic mass is 10.4. The van der Waals surface area contributed by atoms with E-state index in [4.69, 9.17) is 11.6 Å². The Morgan fingerprint density at radius 1 is 1.47 bits per heavy atom. The van der Waals surface area contributed by atoms with Crippen molar-refractivity contribution in [3.05, 3.63) is 35.4 Å². The predicted molar refractivity (Wildman–Crippen MR) is 53.6 cm³/mol. The Balaban J connectivity index is 2.17. The van der Waals surface area contributed by atoms with Crippen LogP contribution in [0.1, 0.15) is 10.5 Å². The Hall–Kier alpha value is -1.95. The molecule has 0 saturated heterocycles. The number of hydrogen-bond acceptors (Lipinski definition) is 4. The fourth-order valence-electron chi connectivity index (χ4n) is 0.967. The molecule has 15 heavy (non-hydrogen) atoms. The van der Waals surface area contributed by atoms with Gasteiger partial charge in [-0.3, -0.25) is 9.78 Å². The normalized spacial score (nSPS) is 9.93. The van der Waals surface area contributed by atoms with Gasteiger partial charge in [0.2, 0.25) is 0 Å². The van der Waals surface area contributed by atoms with Crippen LogP contribution in [0.15, 0.2) is 24.7 Å². The summed E-state index contributed by atoms with van der Waals surface area (Å²) in [6.45, 7) is 0. The molecule has 76 valence electrons. The van der Waals surface area contributed by atoms with Crippen LogP contribution in [0.2, 0.25) is 5.02 Å². The average molecular weight is 224 g/mol. The Morgan fingerprint density at radius 2 is 2.33 bits per heavy atom. The van der Waals surface area contributed by atoms with Crippen LogP contribution in [-0.2, 0) is 0 Å². The molecule has 2 N–H and O–H groups in total. The van der Waals surface area contributed by atoms with Crippen molar-refractivity contribution in [2.75, 3.05) is 5.32 Å². The number of nitrogens with zero attached hydrogens (tertiary/aromatic N) is 3. The van der Waals surface area contributed by atoms with Crippen molar-refractivity contribution in [3.63, 3.8) is 0 Å². The maximum Gasteiger partial charge on any atom is 0.277 e. The zero-order valence-electron chi connectivity index (χ0n) is 7.44. The number of hydrogen-bond donors (Lipinski definition) is 2. The van der Waals surface area contributed by atoms with Gasteiger partial charge in [0.15, 0.2) is 5.69 Å². The second-order valence-corrected chi connectivity index (χ2v) is 3.07. The van der Waals surface area contributed by atoms with Crippen LogP contribution in [0.5, 0.6) is 0 Å². The Morgan fingerprint density at radius 3 is 3.00 bits per heavy atom. The number of carbonyl (C=O) groups excluding carboxylic acids is 1. The maximum absolute atomic E-state index is 11.5. The minimum absolute atomic E-state index is 0.190. The lowest BCUT2D eigenvalue weighted by Gasteiger charge is -2.03. The van der Waals surface area contributed by atoms with Crippen molar-refractivity contribution in [1.29, 1.82) is 0 Å². The van der Waals surface area contributed by atoms with Crippen LogP contribution in [0.25, 0.3) is 0 Å². The number of amides is 1. The van der Waals surface area contributed by atoms with Gasteiger partial charge in [-0.2, -0.15) is 15.4 Å². The van der Waals surface area contributed by atoms with E-state index >= 15 is 0 Å². The molecule has 1 amide bonds. The number of carbonyl (C=O) groups is 1. The molecule has 0 aliphatic heterocycles. The fourth-order valence-corrected chi connectivity index (χ4v) is 1.12. The first-order valence-corrected chi connectivity index (χ1v) is 4.42. The van der Waals surface area contributed by atoms with E-state index in [2.05, 4.69) is 25.7 Å². The fraction of sp³-hybridized carbons (Fsp3) is 0. The second kappa shape index (κ2) is 4.05. The minimum Gasteiger partial charge on any atom is -0.318 e. The van der Waals surface area contributed by atoms with Gasteiger partial charge in [-0.25, -0.2) is 0 Å². The molecule has 0 saturated carbocycles. The van der Waals surface area contributed by atoms with Crippen LogP contribution in [0.4, 0.5) is 5.69 Å². The van der Waals surface area contributed by atoms with Gasteiger partial charge in [-0.1, -0.05) is 11.6 Å². The average Bonchev–Trinajstić information content (AvgIpc) is 2.74. The first-order valence-electron chi connectivity index (χ1n) is 4.04. The molecule has 0 aromatic carbocycles. The number of rotatable bonds is 2. The van der Waals surface area contributed by atoms with E-state index < -0.39 is 5.91 Å². The summed E-state index contributed by atoms with van der Waals surface area (Å²) >= 11 is 5.83. The molecule has 0 aliphatic rings. The molecule has 2 rings (SSSR count). The molecule has 0 spiro atoms. The van der Waals surface area contributed by atoms with Gasteiger partial charge in [0.05, 0.1) is 23.1 Å². The van der Waals surface area contributed by atoms with E-state index in [1.165, 1.54) is 18.6 Å². The molecule has 2 heterocycles. The van der Waals surface area contributed by atoms with E-state index in [0.29, 0.717) is 10.7 Å². The highest BCUT2D eigenvalue weighted by Gasteiger charge is 2.10. The van der Waals surface area contributed by atoms with Crippen molar-refractivity contribution < 1.29 is 4.79 Å². The summed E-state index contributed by atoms with van der Waals surface area (Å²) in [5.74, 6) is -0.390. The van der Waals surface area contributed by atoms with Gasteiger partial charge < -0.3 is 5.32 Å². The summed E-state index contributed by atoms with van der Waals surface area (Å²) in [5, 5.41) is 12.5. The van der Waals surface area contributed by atoms with E-state index in [0.717, 1.165) is 0 Å². The summed E-state index contributed by atoms with van der Waals surface area (Å²) in [4.78, 5) is 15.3. The number of pyridine rings is 1. The molecule has 2 aromatic heterocycles. The Kier molecular flexibility index (Phi) is 2.59. The molecule has 7 heteroatoms. The smallest absolute Gasteiger partial charge is 0.277 e. The molecule has 0 bridgehead atoms. The third kappa shape index (κ3) is 2.10. The van der Waals surface area contributed by atoms with Crippen molar-refractivity contribution in [2.24, 2.45) is 0 Å². The van der Waals surface area contributed by atoms with Crippen LogP contribution < -0.4 is 5.32 Å². The quantitative estimate of drug-likeness (QED) is 0.799. The molecule has 6 nitrogen and oxygen atoms in total. The topological polar surface area (TPSA) is 83.6 Å². The van der Waals surface area contributed by atoms with E-state index in [-0.39, 0.29) is 5.69 Å². The first-order chi connectivity index (χ1) is 7.27. The summed E-state index contributed by atoms with van der Waals surface area (Å²) in [5.41, 5.74) is 0.627. The van der Waals surface area contributed by atoms with Crippen LogP contribution in [-0.4, -0.2) is 26.3 Å². The lowest BCUT2D eigenvalue weighted by Crippen LogP contribution is -2.12. The highest BCUT2D eigenvalue weighted by Crippen LogP contribution is 2.19. The van der Waals surface area contributed by atoms with Crippen LogP contribution >= 0.6 is 11.6 Å². The van der Waals surface area contributed by atoms with Crippen molar-refractivity contribution in [3.8, 4) is 0 Å². The van der Waals surface area contributed by atoms with Crippen LogP contribution in [0, 0.1) is 0 Å². The number of aromatic nitrogens is 4. The number of halogens is 1. The zero-order chi connectivity index (χ0) is 10.7. The monoisotopic (exact) mass is 223 g/mol. The number of anilines is 1. The first kappa shape index (κ1) is 9.60. The van der Waals surface area contributed by atoms with E-state index in [9.17, 15) is 4.79 Å². The van der Waals surface area contributed by atoms with Crippen LogP contribution in [0.3, 0.4) is 0 Å². The molecule has 0 aliphatic carbocycles. The Labute approximate surface area is 89.7 Å². The largest absolute Gasteiger partial charge is 0.318 e. The molecular weight excluding hydrogens is 218 g/mol. The van der Waals surface area contributed by atoms with Gasteiger partial charge in [-0.05, 0) is 6.07 Å². The molecule has 0 atom stereocenters. The number of aromatic amines is 1. The second-order valence-electron chi connectivity index (χ2n) is 2.66. The van der Waals surface area contributed by atoms with Gasteiger partial charge in [-0.15, -0.1) is 0 Å². The lowest BCUT2D eigenvalue weighted by molar-refractivity contribution is 0.102. The highest BCUT2D eigenvalue weighted by atomic mass is 35.5. The summed E-state index contributed by atoms with van der Waals surface area (Å²) in [6, 6.07) is 1.58.